The molecule has 0 radical (unpaired) electrons. The third-order valence-corrected chi connectivity index (χ3v) is 2.84. The van der Waals surface area contributed by atoms with Gasteiger partial charge in [-0.2, -0.15) is 0 Å². The predicted octanol–water partition coefficient (Wildman–Crippen LogP) is 2.81. The first-order valence-electron chi connectivity index (χ1n) is 6.04. The van der Waals surface area contributed by atoms with Gasteiger partial charge in [0.2, 0.25) is 0 Å². The fraction of sp³-hybridized carbons (Fsp3) is 0.538. The highest BCUT2D eigenvalue weighted by Crippen LogP contribution is 2.24. The van der Waals surface area contributed by atoms with Crippen LogP contribution in [0.2, 0.25) is 0 Å². The summed E-state index contributed by atoms with van der Waals surface area (Å²) in [5.74, 6) is 0. The Morgan fingerprint density at radius 2 is 2.17 bits per heavy atom. The molecule has 100 valence electrons. The number of rotatable bonds is 7. The van der Waals surface area contributed by atoms with Crippen LogP contribution in [-0.2, 0) is 0 Å². The van der Waals surface area contributed by atoms with Gasteiger partial charge in [-0.15, -0.1) is 0 Å². The number of aliphatic hydroxyl groups is 1. The standard InChI is InChI=1S/C13H20N2O3/c1-13(2,7-4-8-16)10-14-11-5-3-6-12(9-11)15(17)18/h3,5-6,9,14,16H,4,7-8,10H2,1-2H3. The van der Waals surface area contributed by atoms with E-state index in [9.17, 15) is 10.1 Å². The largest absolute Gasteiger partial charge is 0.396 e. The summed E-state index contributed by atoms with van der Waals surface area (Å²) in [4.78, 5) is 10.2. The van der Waals surface area contributed by atoms with E-state index in [1.807, 2.05) is 6.07 Å². The summed E-state index contributed by atoms with van der Waals surface area (Å²) in [6.07, 6.45) is 1.68. The van der Waals surface area contributed by atoms with Crippen LogP contribution in [0, 0.1) is 15.5 Å². The number of nitrogens with zero attached hydrogens (tertiary/aromatic N) is 1. The number of non-ortho nitro benzene ring substituents is 1. The molecule has 18 heavy (non-hydrogen) atoms. The summed E-state index contributed by atoms with van der Waals surface area (Å²) in [5, 5.41) is 22.7. The molecule has 0 spiro atoms. The molecule has 0 saturated heterocycles. The van der Waals surface area contributed by atoms with Gasteiger partial charge in [-0.1, -0.05) is 19.9 Å². The van der Waals surface area contributed by atoms with Crippen molar-refractivity contribution in [1.29, 1.82) is 0 Å². The van der Waals surface area contributed by atoms with Gasteiger partial charge in [-0.3, -0.25) is 10.1 Å². The highest BCUT2D eigenvalue weighted by Gasteiger charge is 2.17. The van der Waals surface area contributed by atoms with Crippen molar-refractivity contribution in [2.24, 2.45) is 5.41 Å². The Labute approximate surface area is 107 Å². The molecule has 0 atom stereocenters. The van der Waals surface area contributed by atoms with Crippen LogP contribution in [0.15, 0.2) is 24.3 Å². The highest BCUT2D eigenvalue weighted by atomic mass is 16.6. The fourth-order valence-corrected chi connectivity index (χ4v) is 1.72. The Kier molecular flexibility index (Phi) is 5.09. The average molecular weight is 252 g/mol. The zero-order valence-corrected chi connectivity index (χ0v) is 10.8. The Morgan fingerprint density at radius 1 is 1.44 bits per heavy atom. The highest BCUT2D eigenvalue weighted by molar-refractivity contribution is 5.50. The minimum Gasteiger partial charge on any atom is -0.396 e. The maximum absolute atomic E-state index is 10.6. The summed E-state index contributed by atoms with van der Waals surface area (Å²) in [5.41, 5.74) is 0.891. The topological polar surface area (TPSA) is 75.4 Å². The van der Waals surface area contributed by atoms with E-state index in [0.29, 0.717) is 6.54 Å². The van der Waals surface area contributed by atoms with E-state index < -0.39 is 4.92 Å². The van der Waals surface area contributed by atoms with E-state index in [1.165, 1.54) is 12.1 Å². The van der Waals surface area contributed by atoms with E-state index in [-0.39, 0.29) is 17.7 Å². The molecule has 1 rings (SSSR count). The fourth-order valence-electron chi connectivity index (χ4n) is 1.72. The van der Waals surface area contributed by atoms with Gasteiger partial charge in [-0.25, -0.2) is 0 Å². The number of nitrogens with one attached hydrogen (secondary N) is 1. The summed E-state index contributed by atoms with van der Waals surface area (Å²) < 4.78 is 0. The van der Waals surface area contributed by atoms with Gasteiger partial charge in [0, 0.05) is 31.0 Å². The molecule has 1 aromatic rings. The second kappa shape index (κ2) is 6.35. The second-order valence-corrected chi connectivity index (χ2v) is 5.15. The van der Waals surface area contributed by atoms with Gasteiger partial charge >= 0.3 is 0 Å². The zero-order chi connectivity index (χ0) is 13.6. The van der Waals surface area contributed by atoms with Gasteiger partial charge in [0.15, 0.2) is 0 Å². The zero-order valence-electron chi connectivity index (χ0n) is 10.8. The number of nitro groups is 1. The molecular weight excluding hydrogens is 232 g/mol. The molecule has 1 aromatic carbocycles. The molecule has 5 nitrogen and oxygen atoms in total. The van der Waals surface area contributed by atoms with Crippen LogP contribution < -0.4 is 5.32 Å². The van der Waals surface area contributed by atoms with Crippen molar-refractivity contribution in [3.63, 3.8) is 0 Å². The van der Waals surface area contributed by atoms with E-state index in [2.05, 4.69) is 19.2 Å². The SMILES string of the molecule is CC(C)(CCCO)CNc1cccc([N+](=O)[O-])c1. The smallest absolute Gasteiger partial charge is 0.271 e. The Balaban J connectivity index is 2.57. The van der Waals surface area contributed by atoms with Gasteiger partial charge in [0.05, 0.1) is 4.92 Å². The number of anilines is 1. The monoisotopic (exact) mass is 252 g/mol. The van der Waals surface area contributed by atoms with Crippen molar-refractivity contribution < 1.29 is 10.0 Å². The number of aliphatic hydroxyl groups excluding tert-OH is 1. The second-order valence-electron chi connectivity index (χ2n) is 5.15. The number of nitro benzene ring substituents is 1. The maximum atomic E-state index is 10.6. The first-order valence-corrected chi connectivity index (χ1v) is 6.04. The molecule has 0 fully saturated rings. The lowest BCUT2D eigenvalue weighted by Crippen LogP contribution is -2.23. The molecule has 0 aromatic heterocycles. The summed E-state index contributed by atoms with van der Waals surface area (Å²) in [6.45, 7) is 5.12. The van der Waals surface area contributed by atoms with Gasteiger partial charge < -0.3 is 10.4 Å². The summed E-state index contributed by atoms with van der Waals surface area (Å²) >= 11 is 0. The average Bonchev–Trinajstić information content (AvgIpc) is 2.34. The van der Waals surface area contributed by atoms with Crippen molar-refractivity contribution in [2.45, 2.75) is 26.7 Å². The third kappa shape index (κ3) is 4.71. The molecule has 0 heterocycles. The van der Waals surface area contributed by atoms with E-state index in [4.69, 9.17) is 5.11 Å². The maximum Gasteiger partial charge on any atom is 0.271 e. The van der Waals surface area contributed by atoms with Crippen LogP contribution in [0.3, 0.4) is 0 Å². The molecule has 2 N–H and O–H groups in total. The van der Waals surface area contributed by atoms with Crippen molar-refractivity contribution in [3.05, 3.63) is 34.4 Å². The molecule has 0 aliphatic carbocycles. The minimum absolute atomic E-state index is 0.0490. The van der Waals surface area contributed by atoms with Crippen LogP contribution >= 0.6 is 0 Å². The molecule has 0 amide bonds. The molecule has 0 aliphatic rings. The van der Waals surface area contributed by atoms with Gasteiger partial charge in [0.1, 0.15) is 0 Å². The molecule has 5 heteroatoms. The summed E-state index contributed by atoms with van der Waals surface area (Å²) in [7, 11) is 0. The molecular formula is C13H20N2O3. The normalized spacial score (nSPS) is 11.3. The quantitative estimate of drug-likeness (QED) is 0.578. The lowest BCUT2D eigenvalue weighted by atomic mass is 9.88. The summed E-state index contributed by atoms with van der Waals surface area (Å²) in [6, 6.07) is 6.49. The number of hydrogen-bond donors (Lipinski definition) is 2. The van der Waals surface area contributed by atoms with Crippen molar-refractivity contribution in [2.75, 3.05) is 18.5 Å². The first-order chi connectivity index (χ1) is 8.44. The van der Waals surface area contributed by atoms with E-state index in [0.717, 1.165) is 18.5 Å². The van der Waals surface area contributed by atoms with Crippen molar-refractivity contribution in [1.82, 2.24) is 0 Å². The van der Waals surface area contributed by atoms with Crippen molar-refractivity contribution in [3.8, 4) is 0 Å². The minimum atomic E-state index is -0.401. The van der Waals surface area contributed by atoms with E-state index >= 15 is 0 Å². The Bertz CT molecular complexity index is 405. The lowest BCUT2D eigenvalue weighted by molar-refractivity contribution is -0.384. The Hall–Kier alpha value is -1.62. The number of benzene rings is 1. The van der Waals surface area contributed by atoms with Gasteiger partial charge in [0.25, 0.3) is 5.69 Å². The van der Waals surface area contributed by atoms with Crippen LogP contribution in [0.1, 0.15) is 26.7 Å². The van der Waals surface area contributed by atoms with Gasteiger partial charge in [-0.05, 0) is 24.3 Å². The third-order valence-electron chi connectivity index (χ3n) is 2.84. The molecule has 0 saturated carbocycles. The molecule has 0 unspecified atom stereocenters. The lowest BCUT2D eigenvalue weighted by Gasteiger charge is -2.25. The molecule has 0 bridgehead atoms. The predicted molar refractivity (Wildman–Crippen MR) is 71.7 cm³/mol. The van der Waals surface area contributed by atoms with Crippen LogP contribution in [0.5, 0.6) is 0 Å². The number of hydrogen-bond acceptors (Lipinski definition) is 4. The Morgan fingerprint density at radius 3 is 2.78 bits per heavy atom. The van der Waals surface area contributed by atoms with Crippen LogP contribution in [0.4, 0.5) is 11.4 Å². The molecule has 0 aliphatic heterocycles. The van der Waals surface area contributed by atoms with E-state index in [1.54, 1.807) is 6.07 Å². The van der Waals surface area contributed by atoms with Crippen molar-refractivity contribution >= 4 is 11.4 Å². The first kappa shape index (κ1) is 14.4. The van der Waals surface area contributed by atoms with Crippen LogP contribution in [-0.4, -0.2) is 23.2 Å². The van der Waals surface area contributed by atoms with Crippen LogP contribution in [0.25, 0.3) is 0 Å².